The molecular formula is C15H22N2O2. The molecule has 1 aliphatic carbocycles. The van der Waals surface area contributed by atoms with E-state index in [1.807, 2.05) is 31.3 Å². The normalized spacial score (nSPS) is 16.7. The highest BCUT2D eigenvalue weighted by atomic mass is 16.3. The highest BCUT2D eigenvalue weighted by Crippen LogP contribution is 2.30. The number of hydrogen-bond acceptors (Lipinski definition) is 3. The van der Waals surface area contributed by atoms with E-state index in [2.05, 4.69) is 10.6 Å². The van der Waals surface area contributed by atoms with E-state index in [9.17, 15) is 9.90 Å². The van der Waals surface area contributed by atoms with E-state index in [0.29, 0.717) is 12.1 Å². The van der Waals surface area contributed by atoms with Crippen LogP contribution < -0.4 is 10.6 Å². The van der Waals surface area contributed by atoms with Crippen LogP contribution in [-0.2, 0) is 6.42 Å². The van der Waals surface area contributed by atoms with E-state index in [4.69, 9.17) is 0 Å². The molecule has 0 aromatic heterocycles. The number of likely N-dealkylation sites (N-methyl/N-ethyl adjacent to an activating group) is 1. The quantitative estimate of drug-likeness (QED) is 0.719. The van der Waals surface area contributed by atoms with Gasteiger partial charge in [-0.2, -0.15) is 0 Å². The van der Waals surface area contributed by atoms with Crippen molar-refractivity contribution in [3.05, 3.63) is 35.4 Å². The highest BCUT2D eigenvalue weighted by molar-refractivity contribution is 5.95. The van der Waals surface area contributed by atoms with Crippen LogP contribution in [0.4, 0.5) is 0 Å². The Bertz CT molecular complexity index is 442. The van der Waals surface area contributed by atoms with Crippen molar-refractivity contribution in [3.63, 3.8) is 0 Å². The second-order valence-corrected chi connectivity index (χ2v) is 5.27. The summed E-state index contributed by atoms with van der Waals surface area (Å²) in [4.78, 5) is 12.2. The fourth-order valence-electron chi connectivity index (χ4n) is 2.32. The smallest absolute Gasteiger partial charge is 0.251 e. The fraction of sp³-hybridized carbons (Fsp3) is 0.533. The number of aliphatic hydroxyl groups is 1. The number of benzene rings is 1. The Morgan fingerprint density at radius 3 is 2.74 bits per heavy atom. The summed E-state index contributed by atoms with van der Waals surface area (Å²) in [7, 11) is 1.90. The maximum atomic E-state index is 12.2. The van der Waals surface area contributed by atoms with Crippen LogP contribution in [0.5, 0.6) is 0 Å². The first kappa shape index (κ1) is 14.0. The molecule has 0 aliphatic heterocycles. The van der Waals surface area contributed by atoms with Crippen LogP contribution in [0.25, 0.3) is 0 Å². The Morgan fingerprint density at radius 2 is 2.11 bits per heavy atom. The van der Waals surface area contributed by atoms with Gasteiger partial charge < -0.3 is 15.7 Å². The molecule has 0 spiro atoms. The van der Waals surface area contributed by atoms with Crippen molar-refractivity contribution in [3.8, 4) is 0 Å². The molecule has 1 saturated carbocycles. The molecule has 2 rings (SSSR count). The number of rotatable bonds is 6. The molecular weight excluding hydrogens is 240 g/mol. The standard InChI is InChI=1S/C15H22N2O2/c1-16-10-7-12-5-2-3-6-13(12)14(18)17-11-15(19)8-4-9-15/h2-3,5-6,16,19H,4,7-11H2,1H3,(H,17,18). The maximum Gasteiger partial charge on any atom is 0.251 e. The highest BCUT2D eigenvalue weighted by Gasteiger charge is 2.34. The molecule has 0 saturated heterocycles. The third-order valence-corrected chi connectivity index (χ3v) is 3.77. The molecule has 0 radical (unpaired) electrons. The molecule has 4 heteroatoms. The van der Waals surface area contributed by atoms with Gasteiger partial charge in [0.15, 0.2) is 0 Å². The minimum absolute atomic E-state index is 0.0907. The Hall–Kier alpha value is -1.39. The molecule has 1 amide bonds. The molecule has 4 nitrogen and oxygen atoms in total. The van der Waals surface area contributed by atoms with E-state index in [1.54, 1.807) is 0 Å². The van der Waals surface area contributed by atoms with Crippen molar-refractivity contribution in [1.82, 2.24) is 10.6 Å². The summed E-state index contributed by atoms with van der Waals surface area (Å²) in [6.45, 7) is 1.19. The predicted octanol–water partition coefficient (Wildman–Crippen LogP) is 1.09. The van der Waals surface area contributed by atoms with Gasteiger partial charge >= 0.3 is 0 Å². The van der Waals surface area contributed by atoms with Crippen LogP contribution in [0, 0.1) is 0 Å². The first-order valence-electron chi connectivity index (χ1n) is 6.88. The van der Waals surface area contributed by atoms with Crippen LogP contribution in [-0.4, -0.2) is 36.8 Å². The van der Waals surface area contributed by atoms with Crippen molar-refractivity contribution in [1.29, 1.82) is 0 Å². The third kappa shape index (κ3) is 3.55. The molecule has 3 N–H and O–H groups in total. The van der Waals surface area contributed by atoms with Crippen LogP contribution in [0.2, 0.25) is 0 Å². The molecule has 1 aromatic rings. The molecule has 0 unspecified atom stereocenters. The summed E-state index contributed by atoms with van der Waals surface area (Å²) < 4.78 is 0. The molecule has 1 fully saturated rings. The van der Waals surface area contributed by atoms with Crippen molar-refractivity contribution in [2.45, 2.75) is 31.3 Å². The van der Waals surface area contributed by atoms with Crippen molar-refractivity contribution in [2.24, 2.45) is 0 Å². The first-order chi connectivity index (χ1) is 9.14. The van der Waals surface area contributed by atoms with E-state index < -0.39 is 5.60 Å². The second kappa shape index (κ2) is 6.17. The lowest BCUT2D eigenvalue weighted by Gasteiger charge is -2.36. The third-order valence-electron chi connectivity index (χ3n) is 3.77. The summed E-state index contributed by atoms with van der Waals surface area (Å²) in [6, 6.07) is 7.63. The summed E-state index contributed by atoms with van der Waals surface area (Å²) in [6.07, 6.45) is 3.44. The zero-order valence-electron chi connectivity index (χ0n) is 11.4. The van der Waals surface area contributed by atoms with Gasteiger partial charge in [-0.25, -0.2) is 0 Å². The second-order valence-electron chi connectivity index (χ2n) is 5.27. The van der Waals surface area contributed by atoms with Gasteiger partial charge in [-0.3, -0.25) is 4.79 Å². The molecule has 19 heavy (non-hydrogen) atoms. The van der Waals surface area contributed by atoms with Crippen LogP contribution in [0.1, 0.15) is 35.2 Å². The lowest BCUT2D eigenvalue weighted by molar-refractivity contribution is -0.0300. The lowest BCUT2D eigenvalue weighted by atomic mass is 9.80. The number of carbonyl (C=O) groups excluding carboxylic acids is 1. The summed E-state index contributed by atoms with van der Waals surface area (Å²) >= 11 is 0. The van der Waals surface area contributed by atoms with E-state index in [0.717, 1.165) is 37.8 Å². The lowest BCUT2D eigenvalue weighted by Crippen LogP contribution is -2.47. The summed E-state index contributed by atoms with van der Waals surface area (Å²) in [5, 5.41) is 15.9. The van der Waals surface area contributed by atoms with Crippen LogP contribution in [0.3, 0.4) is 0 Å². The zero-order valence-corrected chi connectivity index (χ0v) is 11.4. The predicted molar refractivity (Wildman–Crippen MR) is 75.2 cm³/mol. The number of nitrogens with one attached hydrogen (secondary N) is 2. The van der Waals surface area contributed by atoms with Gasteiger partial charge in [-0.15, -0.1) is 0 Å². The Morgan fingerprint density at radius 1 is 1.37 bits per heavy atom. The molecule has 1 aromatic carbocycles. The molecule has 104 valence electrons. The minimum atomic E-state index is -0.671. The average molecular weight is 262 g/mol. The molecule has 0 bridgehead atoms. The van der Waals surface area contributed by atoms with E-state index in [1.165, 1.54) is 0 Å². The van der Waals surface area contributed by atoms with Crippen LogP contribution >= 0.6 is 0 Å². The number of hydrogen-bond donors (Lipinski definition) is 3. The Labute approximate surface area is 114 Å². The van der Waals surface area contributed by atoms with E-state index in [-0.39, 0.29) is 5.91 Å². The largest absolute Gasteiger partial charge is 0.388 e. The topological polar surface area (TPSA) is 61.4 Å². The van der Waals surface area contributed by atoms with Gasteiger partial charge in [-0.05, 0) is 50.9 Å². The average Bonchev–Trinajstić information content (AvgIpc) is 2.40. The van der Waals surface area contributed by atoms with Gasteiger partial charge in [-0.1, -0.05) is 18.2 Å². The molecule has 1 aliphatic rings. The maximum absolute atomic E-state index is 12.2. The number of amides is 1. The Balaban J connectivity index is 1.97. The molecule has 0 atom stereocenters. The Kier molecular flexibility index (Phi) is 4.56. The number of carbonyl (C=O) groups is 1. The molecule has 0 heterocycles. The van der Waals surface area contributed by atoms with Gasteiger partial charge in [0.2, 0.25) is 0 Å². The van der Waals surface area contributed by atoms with Crippen LogP contribution in [0.15, 0.2) is 24.3 Å². The van der Waals surface area contributed by atoms with Crippen molar-refractivity contribution in [2.75, 3.05) is 20.1 Å². The van der Waals surface area contributed by atoms with Gasteiger partial charge in [0, 0.05) is 12.1 Å². The summed E-state index contributed by atoms with van der Waals surface area (Å²) in [5.74, 6) is -0.0907. The summed E-state index contributed by atoms with van der Waals surface area (Å²) in [5.41, 5.74) is 1.07. The fourth-order valence-corrected chi connectivity index (χ4v) is 2.32. The zero-order chi connectivity index (χ0) is 13.7. The van der Waals surface area contributed by atoms with Gasteiger partial charge in [0.25, 0.3) is 5.91 Å². The monoisotopic (exact) mass is 262 g/mol. The SMILES string of the molecule is CNCCc1ccccc1C(=O)NCC1(O)CCC1. The first-order valence-corrected chi connectivity index (χ1v) is 6.88. The minimum Gasteiger partial charge on any atom is -0.388 e. The van der Waals surface area contributed by atoms with Gasteiger partial charge in [0.05, 0.1) is 5.60 Å². The van der Waals surface area contributed by atoms with Crippen molar-refractivity contribution >= 4 is 5.91 Å². The van der Waals surface area contributed by atoms with Crippen molar-refractivity contribution < 1.29 is 9.90 Å². The van der Waals surface area contributed by atoms with Gasteiger partial charge in [0.1, 0.15) is 0 Å². The van der Waals surface area contributed by atoms with E-state index >= 15 is 0 Å².